The minimum absolute atomic E-state index is 0.0223. The number of carboxylic acids is 1. The molecule has 0 spiro atoms. The molecule has 0 aliphatic carbocycles. The number of rotatable bonds is 33. The Morgan fingerprint density at radius 3 is 1.51 bits per heavy atom. The number of unbranched alkanes of at least 4 members (excludes halogenated alkanes) is 18. The lowest BCUT2D eigenvalue weighted by atomic mass is 10.0. The molecule has 0 heterocycles. The van der Waals surface area contributed by atoms with Crippen molar-refractivity contribution in [2.75, 3.05) is 0 Å². The summed E-state index contributed by atoms with van der Waals surface area (Å²) in [5, 5.41) is 8.80. The molecule has 0 amide bonds. The Morgan fingerprint density at radius 2 is 0.953 bits per heavy atom. The number of ether oxygens (including phenoxy) is 1. The second-order valence-corrected chi connectivity index (χ2v) is 12.4. The molecule has 1 unspecified atom stereocenters. The van der Waals surface area contributed by atoms with Crippen LogP contribution in [0.2, 0.25) is 0 Å². The fraction of sp³-hybridized carbons (Fsp3) is 0.795. The van der Waals surface area contributed by atoms with Gasteiger partial charge in [-0.1, -0.05) is 127 Å². The van der Waals surface area contributed by atoms with E-state index in [1.165, 1.54) is 89.9 Å². The van der Waals surface area contributed by atoms with Crippen LogP contribution in [0.1, 0.15) is 194 Å². The SMILES string of the molecule is CCC/C=C\CCCCCCCC(=O)OC(CCCCC/C=C\C/C=C\CCCCCCC)CCCCCCCC(=O)O. The zero-order chi connectivity index (χ0) is 31.5. The predicted octanol–water partition coefficient (Wildman–Crippen LogP) is 12.6. The highest BCUT2D eigenvalue weighted by molar-refractivity contribution is 5.69. The van der Waals surface area contributed by atoms with Crippen molar-refractivity contribution in [2.24, 2.45) is 0 Å². The molecule has 0 rings (SSSR count). The third-order valence-electron chi connectivity index (χ3n) is 8.07. The molecular formula is C39H70O4. The van der Waals surface area contributed by atoms with Gasteiger partial charge in [0.05, 0.1) is 0 Å². The third kappa shape index (κ3) is 34.5. The maximum atomic E-state index is 12.6. The molecule has 4 nitrogen and oxygen atoms in total. The molecule has 0 fully saturated rings. The summed E-state index contributed by atoms with van der Waals surface area (Å²) in [6.07, 6.45) is 44.4. The van der Waals surface area contributed by atoms with Crippen LogP contribution in [0, 0.1) is 0 Å². The van der Waals surface area contributed by atoms with Gasteiger partial charge in [0.25, 0.3) is 0 Å². The topological polar surface area (TPSA) is 63.6 Å². The minimum Gasteiger partial charge on any atom is -0.481 e. The average Bonchev–Trinajstić information content (AvgIpc) is 2.99. The van der Waals surface area contributed by atoms with Gasteiger partial charge >= 0.3 is 11.9 Å². The standard InChI is InChI=1S/C39H70O4/c1-3-5-7-9-11-13-15-16-17-18-19-20-22-25-29-33-37(34-30-26-24-27-31-35-38(40)41)43-39(42)36-32-28-23-21-14-12-10-8-6-4-2/h8,10,15-16,18-19,37H,3-7,9,11-14,17,20-36H2,1-2H3,(H,40,41)/b10-8-,16-15-,19-18-. The smallest absolute Gasteiger partial charge is 0.306 e. The molecule has 1 atom stereocenters. The van der Waals surface area contributed by atoms with E-state index in [0.717, 1.165) is 77.0 Å². The van der Waals surface area contributed by atoms with Crippen molar-refractivity contribution in [1.29, 1.82) is 0 Å². The number of carbonyl (C=O) groups excluding carboxylic acids is 1. The lowest BCUT2D eigenvalue weighted by Crippen LogP contribution is -2.18. The monoisotopic (exact) mass is 603 g/mol. The summed E-state index contributed by atoms with van der Waals surface area (Å²) in [5.74, 6) is -0.728. The molecule has 0 saturated heterocycles. The van der Waals surface area contributed by atoms with Crippen molar-refractivity contribution in [3.63, 3.8) is 0 Å². The van der Waals surface area contributed by atoms with Crippen molar-refractivity contribution in [3.8, 4) is 0 Å². The van der Waals surface area contributed by atoms with Crippen LogP contribution in [0.4, 0.5) is 0 Å². The molecule has 0 aliphatic heterocycles. The van der Waals surface area contributed by atoms with Crippen LogP contribution in [-0.2, 0) is 14.3 Å². The Hall–Kier alpha value is -1.84. The molecule has 0 saturated carbocycles. The van der Waals surface area contributed by atoms with Gasteiger partial charge in [-0.05, 0) is 89.9 Å². The highest BCUT2D eigenvalue weighted by atomic mass is 16.5. The number of aliphatic carboxylic acids is 1. The maximum Gasteiger partial charge on any atom is 0.306 e. The summed E-state index contributed by atoms with van der Waals surface area (Å²) in [6.45, 7) is 4.47. The van der Waals surface area contributed by atoms with Gasteiger partial charge in [0, 0.05) is 12.8 Å². The Bertz CT molecular complexity index is 693. The summed E-state index contributed by atoms with van der Waals surface area (Å²) in [5.41, 5.74) is 0. The lowest BCUT2D eigenvalue weighted by molar-refractivity contribution is -0.150. The first-order valence-electron chi connectivity index (χ1n) is 18.5. The highest BCUT2D eigenvalue weighted by Gasteiger charge is 2.14. The highest BCUT2D eigenvalue weighted by Crippen LogP contribution is 2.18. The van der Waals surface area contributed by atoms with Gasteiger partial charge in [-0.3, -0.25) is 9.59 Å². The molecule has 0 aliphatic rings. The lowest BCUT2D eigenvalue weighted by Gasteiger charge is -2.18. The van der Waals surface area contributed by atoms with Gasteiger partial charge in [0.2, 0.25) is 0 Å². The number of carbonyl (C=O) groups is 2. The molecule has 0 radical (unpaired) electrons. The Kier molecular flexibility index (Phi) is 33.2. The van der Waals surface area contributed by atoms with E-state index in [0.29, 0.717) is 6.42 Å². The van der Waals surface area contributed by atoms with E-state index >= 15 is 0 Å². The molecule has 0 aromatic heterocycles. The maximum absolute atomic E-state index is 12.6. The molecule has 1 N–H and O–H groups in total. The molecule has 0 aromatic rings. The van der Waals surface area contributed by atoms with Crippen molar-refractivity contribution in [2.45, 2.75) is 200 Å². The molecule has 4 heteroatoms. The summed E-state index contributed by atoms with van der Waals surface area (Å²) >= 11 is 0. The number of allylic oxidation sites excluding steroid dienone is 6. The quantitative estimate of drug-likeness (QED) is 0.0461. The summed E-state index contributed by atoms with van der Waals surface area (Å²) < 4.78 is 5.96. The Labute approximate surface area is 267 Å². The molecule has 0 aromatic carbocycles. The molecule has 0 bridgehead atoms. The van der Waals surface area contributed by atoms with Gasteiger partial charge in [0.15, 0.2) is 0 Å². The van der Waals surface area contributed by atoms with Crippen molar-refractivity contribution < 1.29 is 19.4 Å². The van der Waals surface area contributed by atoms with E-state index in [2.05, 4.69) is 50.3 Å². The fourth-order valence-electron chi connectivity index (χ4n) is 5.33. The van der Waals surface area contributed by atoms with Gasteiger partial charge < -0.3 is 9.84 Å². The predicted molar refractivity (Wildman–Crippen MR) is 186 cm³/mol. The van der Waals surface area contributed by atoms with E-state index < -0.39 is 5.97 Å². The van der Waals surface area contributed by atoms with Crippen molar-refractivity contribution in [1.82, 2.24) is 0 Å². The van der Waals surface area contributed by atoms with E-state index in [1.807, 2.05) is 0 Å². The number of hydrogen-bond donors (Lipinski definition) is 1. The summed E-state index contributed by atoms with van der Waals surface area (Å²) in [6, 6.07) is 0. The largest absolute Gasteiger partial charge is 0.481 e. The van der Waals surface area contributed by atoms with Gasteiger partial charge in [-0.15, -0.1) is 0 Å². The number of esters is 1. The van der Waals surface area contributed by atoms with Crippen LogP contribution in [0.25, 0.3) is 0 Å². The van der Waals surface area contributed by atoms with Crippen molar-refractivity contribution >= 4 is 11.9 Å². The van der Waals surface area contributed by atoms with Gasteiger partial charge in [-0.25, -0.2) is 0 Å². The normalized spacial score (nSPS) is 12.6. The zero-order valence-corrected chi connectivity index (χ0v) is 28.5. The van der Waals surface area contributed by atoms with Crippen LogP contribution in [0.3, 0.4) is 0 Å². The molecule has 250 valence electrons. The third-order valence-corrected chi connectivity index (χ3v) is 8.07. The number of carboxylic acid groups (broad SMARTS) is 1. The average molecular weight is 603 g/mol. The van der Waals surface area contributed by atoms with Gasteiger partial charge in [0.1, 0.15) is 6.10 Å². The van der Waals surface area contributed by atoms with E-state index in [4.69, 9.17) is 9.84 Å². The second kappa shape index (κ2) is 34.6. The Morgan fingerprint density at radius 1 is 0.512 bits per heavy atom. The zero-order valence-electron chi connectivity index (χ0n) is 28.5. The fourth-order valence-corrected chi connectivity index (χ4v) is 5.33. The molecular weight excluding hydrogens is 532 g/mol. The van der Waals surface area contributed by atoms with Crippen molar-refractivity contribution in [3.05, 3.63) is 36.5 Å². The minimum atomic E-state index is -0.706. The Balaban J connectivity index is 4.14. The van der Waals surface area contributed by atoms with Crippen LogP contribution in [-0.4, -0.2) is 23.1 Å². The second-order valence-electron chi connectivity index (χ2n) is 12.4. The van der Waals surface area contributed by atoms with Crippen LogP contribution in [0.15, 0.2) is 36.5 Å². The van der Waals surface area contributed by atoms with Crippen LogP contribution < -0.4 is 0 Å². The van der Waals surface area contributed by atoms with Crippen LogP contribution in [0.5, 0.6) is 0 Å². The van der Waals surface area contributed by atoms with E-state index in [1.54, 1.807) is 0 Å². The molecule has 43 heavy (non-hydrogen) atoms. The van der Waals surface area contributed by atoms with E-state index in [-0.39, 0.29) is 18.5 Å². The first-order valence-corrected chi connectivity index (χ1v) is 18.5. The first-order chi connectivity index (χ1) is 21.1. The number of hydrogen-bond acceptors (Lipinski definition) is 3. The summed E-state index contributed by atoms with van der Waals surface area (Å²) in [7, 11) is 0. The van der Waals surface area contributed by atoms with Gasteiger partial charge in [-0.2, -0.15) is 0 Å². The summed E-state index contributed by atoms with van der Waals surface area (Å²) in [4.78, 5) is 23.3. The first kappa shape index (κ1) is 41.2. The van der Waals surface area contributed by atoms with E-state index in [9.17, 15) is 9.59 Å². The van der Waals surface area contributed by atoms with Crippen LogP contribution >= 0.6 is 0 Å².